The highest BCUT2D eigenvalue weighted by Crippen LogP contribution is 2.50. The maximum absolute atomic E-state index is 5.95. The topological polar surface area (TPSA) is 30.5 Å². The molecule has 5 rings (SSSR count). The third kappa shape index (κ3) is 3.66. The van der Waals surface area contributed by atoms with Crippen molar-refractivity contribution in [2.45, 2.75) is 25.0 Å². The summed E-state index contributed by atoms with van der Waals surface area (Å²) < 4.78 is 11.4. The number of nitrogens with one attached hydrogen (secondary N) is 1. The molecular formula is C26H24ClNO2. The molecule has 0 aromatic heterocycles. The molecule has 152 valence electrons. The zero-order chi connectivity index (χ0) is 20.5. The third-order valence-electron chi connectivity index (χ3n) is 6.13. The van der Waals surface area contributed by atoms with E-state index in [1.54, 1.807) is 7.11 Å². The van der Waals surface area contributed by atoms with Crippen LogP contribution in [-0.4, -0.2) is 7.11 Å². The second kappa shape index (κ2) is 8.08. The quantitative estimate of drug-likeness (QED) is 0.465. The van der Waals surface area contributed by atoms with Crippen molar-refractivity contribution in [3.8, 4) is 11.5 Å². The number of hydrogen-bond acceptors (Lipinski definition) is 3. The van der Waals surface area contributed by atoms with Crippen LogP contribution in [0, 0.1) is 5.92 Å². The highest BCUT2D eigenvalue weighted by Gasteiger charge is 2.38. The number of allylic oxidation sites excluding steroid dienone is 2. The van der Waals surface area contributed by atoms with Gasteiger partial charge in [0.25, 0.3) is 0 Å². The Morgan fingerprint density at radius 2 is 1.73 bits per heavy atom. The smallest absolute Gasteiger partial charge is 0.119 e. The molecule has 4 heteroatoms. The molecule has 1 N–H and O–H groups in total. The molecule has 3 aromatic rings. The first-order valence-corrected chi connectivity index (χ1v) is 10.7. The lowest BCUT2D eigenvalue weighted by molar-refractivity contribution is 0.306. The Labute approximate surface area is 182 Å². The first kappa shape index (κ1) is 19.1. The number of benzene rings is 3. The lowest BCUT2D eigenvalue weighted by Gasteiger charge is -2.37. The molecule has 0 bridgehead atoms. The summed E-state index contributed by atoms with van der Waals surface area (Å²) in [5.74, 6) is 2.71. The molecule has 3 nitrogen and oxygen atoms in total. The van der Waals surface area contributed by atoms with E-state index in [4.69, 9.17) is 21.1 Å². The van der Waals surface area contributed by atoms with Crippen molar-refractivity contribution in [3.05, 3.63) is 101 Å². The van der Waals surface area contributed by atoms with Gasteiger partial charge in [0.15, 0.2) is 0 Å². The van der Waals surface area contributed by atoms with E-state index in [1.165, 1.54) is 16.8 Å². The summed E-state index contributed by atoms with van der Waals surface area (Å²) in [5.41, 5.74) is 4.90. The fourth-order valence-corrected chi connectivity index (χ4v) is 4.67. The minimum Gasteiger partial charge on any atom is -0.497 e. The summed E-state index contributed by atoms with van der Waals surface area (Å²) in [7, 11) is 1.72. The summed E-state index contributed by atoms with van der Waals surface area (Å²) in [4.78, 5) is 0. The van der Waals surface area contributed by atoms with Gasteiger partial charge in [0.05, 0.1) is 13.2 Å². The molecule has 2 aliphatic rings. The average Bonchev–Trinajstić information content (AvgIpc) is 3.29. The Bertz CT molecular complexity index is 1060. The van der Waals surface area contributed by atoms with Gasteiger partial charge in [0.1, 0.15) is 18.1 Å². The van der Waals surface area contributed by atoms with Crippen LogP contribution in [0.4, 0.5) is 5.69 Å². The van der Waals surface area contributed by atoms with E-state index in [1.807, 2.05) is 30.3 Å². The normalized spacial score (nSPS) is 21.5. The van der Waals surface area contributed by atoms with Crippen LogP contribution in [0.1, 0.15) is 35.1 Å². The summed E-state index contributed by atoms with van der Waals surface area (Å²) in [6.07, 6.45) is 5.73. The molecule has 0 fully saturated rings. The van der Waals surface area contributed by atoms with Gasteiger partial charge >= 0.3 is 0 Å². The van der Waals surface area contributed by atoms with Crippen molar-refractivity contribution in [2.75, 3.05) is 12.4 Å². The Balaban J connectivity index is 1.33. The Kier molecular flexibility index (Phi) is 5.14. The molecule has 0 radical (unpaired) electrons. The largest absolute Gasteiger partial charge is 0.497 e. The molecule has 0 amide bonds. The van der Waals surface area contributed by atoms with E-state index in [0.29, 0.717) is 18.4 Å². The van der Waals surface area contributed by atoms with Crippen molar-refractivity contribution in [3.63, 3.8) is 0 Å². The van der Waals surface area contributed by atoms with Crippen LogP contribution in [0.5, 0.6) is 11.5 Å². The highest BCUT2D eigenvalue weighted by atomic mass is 35.5. The molecule has 0 saturated carbocycles. The van der Waals surface area contributed by atoms with Gasteiger partial charge < -0.3 is 14.8 Å². The fourth-order valence-electron chi connectivity index (χ4n) is 4.55. The van der Waals surface area contributed by atoms with Gasteiger partial charge in [-0.1, -0.05) is 48.0 Å². The number of fused-ring (bicyclic) bond motifs is 3. The lowest BCUT2D eigenvalue weighted by Crippen LogP contribution is -2.29. The first-order chi connectivity index (χ1) is 14.7. The van der Waals surface area contributed by atoms with E-state index >= 15 is 0 Å². The molecule has 0 spiro atoms. The second-order valence-corrected chi connectivity index (χ2v) is 8.35. The van der Waals surface area contributed by atoms with E-state index in [-0.39, 0.29) is 6.04 Å². The second-order valence-electron chi connectivity index (χ2n) is 7.91. The van der Waals surface area contributed by atoms with Gasteiger partial charge in [-0.2, -0.15) is 0 Å². The van der Waals surface area contributed by atoms with Crippen LogP contribution < -0.4 is 14.8 Å². The van der Waals surface area contributed by atoms with Gasteiger partial charge in [0, 0.05) is 16.6 Å². The van der Waals surface area contributed by atoms with E-state index < -0.39 is 0 Å². The number of hydrogen-bond donors (Lipinski definition) is 1. The molecule has 30 heavy (non-hydrogen) atoms. The van der Waals surface area contributed by atoms with Crippen LogP contribution in [0.3, 0.4) is 0 Å². The van der Waals surface area contributed by atoms with Gasteiger partial charge in [0.2, 0.25) is 0 Å². The number of halogens is 1. The van der Waals surface area contributed by atoms with Crippen LogP contribution in [-0.2, 0) is 6.61 Å². The van der Waals surface area contributed by atoms with Gasteiger partial charge in [-0.15, -0.1) is 0 Å². The molecule has 0 saturated heterocycles. The average molecular weight is 418 g/mol. The van der Waals surface area contributed by atoms with Crippen LogP contribution in [0.2, 0.25) is 5.02 Å². The first-order valence-electron chi connectivity index (χ1n) is 10.3. The monoisotopic (exact) mass is 417 g/mol. The third-order valence-corrected chi connectivity index (χ3v) is 6.38. The van der Waals surface area contributed by atoms with Crippen LogP contribution in [0.25, 0.3) is 0 Å². The Morgan fingerprint density at radius 3 is 2.50 bits per heavy atom. The van der Waals surface area contributed by atoms with Crippen molar-refractivity contribution < 1.29 is 9.47 Å². The van der Waals surface area contributed by atoms with Gasteiger partial charge in [-0.25, -0.2) is 0 Å². The standard InChI is InChI=1S/C26H24ClNO2/c1-29-21-13-14-25-24(15-21)22-3-2-4-23(22)26(28-25)18-7-11-20(12-8-18)30-16-17-5-9-19(27)10-6-17/h2-3,5-15,22-23,26,28H,4,16H2,1H3/t22-,23+,26+/m1/s1. The van der Waals surface area contributed by atoms with Crippen LogP contribution >= 0.6 is 11.6 Å². The molecule has 1 heterocycles. The SMILES string of the molecule is COc1ccc2c(c1)[C@@H]1C=CC[C@@H]1[C@H](c1ccc(OCc3ccc(Cl)cc3)cc1)N2. The fraction of sp³-hybridized carbons (Fsp3) is 0.231. The zero-order valence-electron chi connectivity index (χ0n) is 16.8. The number of rotatable bonds is 5. The number of methoxy groups -OCH3 is 1. The molecular weight excluding hydrogens is 394 g/mol. The Hall–Kier alpha value is -2.91. The predicted octanol–water partition coefficient (Wildman–Crippen LogP) is 6.75. The van der Waals surface area contributed by atoms with E-state index in [0.717, 1.165) is 28.5 Å². The highest BCUT2D eigenvalue weighted by molar-refractivity contribution is 6.30. The Morgan fingerprint density at radius 1 is 0.967 bits per heavy atom. The molecule has 3 aromatic carbocycles. The zero-order valence-corrected chi connectivity index (χ0v) is 17.6. The van der Waals surface area contributed by atoms with Gasteiger partial charge in [-0.3, -0.25) is 0 Å². The minimum absolute atomic E-state index is 0.274. The predicted molar refractivity (Wildman–Crippen MR) is 122 cm³/mol. The summed E-state index contributed by atoms with van der Waals surface area (Å²) in [6, 6.07) is 22.8. The van der Waals surface area contributed by atoms with Crippen molar-refractivity contribution in [1.82, 2.24) is 0 Å². The number of ether oxygens (including phenoxy) is 2. The van der Waals surface area contributed by atoms with E-state index in [9.17, 15) is 0 Å². The molecule has 3 atom stereocenters. The summed E-state index contributed by atoms with van der Waals surface area (Å²) >= 11 is 5.95. The molecule has 0 unspecified atom stereocenters. The van der Waals surface area contributed by atoms with Crippen molar-refractivity contribution in [2.24, 2.45) is 5.92 Å². The maximum Gasteiger partial charge on any atom is 0.119 e. The molecule has 1 aliphatic heterocycles. The van der Waals surface area contributed by atoms with Crippen LogP contribution in [0.15, 0.2) is 78.9 Å². The number of anilines is 1. The summed E-state index contributed by atoms with van der Waals surface area (Å²) in [6.45, 7) is 0.530. The van der Waals surface area contributed by atoms with Crippen molar-refractivity contribution in [1.29, 1.82) is 0 Å². The summed E-state index contributed by atoms with van der Waals surface area (Å²) in [5, 5.41) is 4.51. The molecule has 1 aliphatic carbocycles. The van der Waals surface area contributed by atoms with E-state index in [2.05, 4.69) is 53.9 Å². The lowest BCUT2D eigenvalue weighted by atomic mass is 9.77. The maximum atomic E-state index is 5.95. The minimum atomic E-state index is 0.274. The van der Waals surface area contributed by atoms with Crippen molar-refractivity contribution >= 4 is 17.3 Å². The van der Waals surface area contributed by atoms with Gasteiger partial charge in [-0.05, 0) is 71.5 Å².